The predicted molar refractivity (Wildman–Crippen MR) is 90.9 cm³/mol. The molecule has 0 bridgehead atoms. The molecule has 5 heteroatoms. The summed E-state index contributed by atoms with van der Waals surface area (Å²) in [7, 11) is 0. The molecular weight excluding hydrogens is 304 g/mol. The van der Waals surface area contributed by atoms with Crippen LogP contribution >= 0.6 is 0 Å². The summed E-state index contributed by atoms with van der Waals surface area (Å²) >= 11 is 0. The molecule has 1 saturated heterocycles. The zero-order valence-corrected chi connectivity index (χ0v) is 13.6. The number of nitrogens with zero attached hydrogens (tertiary/aromatic N) is 2. The molecule has 0 unspecified atom stereocenters. The third-order valence-electron chi connectivity index (χ3n) is 4.56. The summed E-state index contributed by atoms with van der Waals surface area (Å²) in [4.78, 5) is 29.0. The van der Waals surface area contributed by atoms with Crippen LogP contribution in [0.1, 0.15) is 41.7 Å². The molecule has 0 spiro atoms. The highest BCUT2D eigenvalue weighted by Crippen LogP contribution is 2.28. The van der Waals surface area contributed by atoms with Crippen LogP contribution in [0.25, 0.3) is 11.3 Å². The van der Waals surface area contributed by atoms with Gasteiger partial charge >= 0.3 is 5.97 Å². The summed E-state index contributed by atoms with van der Waals surface area (Å²) < 4.78 is 0. The number of carbonyl (C=O) groups is 2. The number of aromatic nitrogens is 1. The van der Waals surface area contributed by atoms with E-state index in [4.69, 9.17) is 10.1 Å². The van der Waals surface area contributed by atoms with Crippen molar-refractivity contribution < 1.29 is 14.7 Å². The first-order chi connectivity index (χ1) is 11.5. The van der Waals surface area contributed by atoms with Gasteiger partial charge in [-0.1, -0.05) is 18.2 Å². The Hall–Kier alpha value is -2.69. The second-order valence-electron chi connectivity index (χ2n) is 6.11. The lowest BCUT2D eigenvalue weighted by Gasteiger charge is -2.31. The van der Waals surface area contributed by atoms with E-state index in [0.717, 1.165) is 42.9 Å². The molecule has 1 aromatic heterocycles. The summed E-state index contributed by atoms with van der Waals surface area (Å²) in [5.74, 6) is -0.437. The number of likely N-dealkylation sites (tertiary alicyclic amines) is 1. The van der Waals surface area contributed by atoms with Crippen LogP contribution in [-0.2, 0) is 4.79 Å². The van der Waals surface area contributed by atoms with Crippen molar-refractivity contribution in [2.24, 2.45) is 0 Å². The molecule has 1 fully saturated rings. The van der Waals surface area contributed by atoms with Gasteiger partial charge in [0, 0.05) is 37.2 Å². The van der Waals surface area contributed by atoms with Gasteiger partial charge in [0.05, 0.1) is 11.3 Å². The summed E-state index contributed by atoms with van der Waals surface area (Å²) in [6.07, 6.45) is 1.85. The lowest BCUT2D eigenvalue weighted by molar-refractivity contribution is -0.129. The number of amides is 1. The first-order valence-corrected chi connectivity index (χ1v) is 8.11. The number of hydrogen-bond donors (Lipinski definition) is 1. The SMILES string of the molecule is CC(=O)N1CCC(c2cccc(-c3ccc(C(=O)O)cc3)n2)CC1. The van der Waals surface area contributed by atoms with Crippen LogP contribution in [0.15, 0.2) is 42.5 Å². The predicted octanol–water partition coefficient (Wildman–Crippen LogP) is 3.17. The molecule has 0 atom stereocenters. The molecule has 1 N–H and O–H groups in total. The Kier molecular flexibility index (Phi) is 4.60. The lowest BCUT2D eigenvalue weighted by atomic mass is 9.92. The van der Waals surface area contributed by atoms with Crippen LogP contribution in [0.3, 0.4) is 0 Å². The monoisotopic (exact) mass is 324 g/mol. The fourth-order valence-electron chi connectivity index (χ4n) is 3.11. The fourth-order valence-corrected chi connectivity index (χ4v) is 3.11. The summed E-state index contributed by atoms with van der Waals surface area (Å²) in [6, 6.07) is 12.7. The van der Waals surface area contributed by atoms with Crippen molar-refractivity contribution in [1.29, 1.82) is 0 Å². The Morgan fingerprint density at radius 2 is 1.75 bits per heavy atom. The van der Waals surface area contributed by atoms with E-state index in [1.54, 1.807) is 31.2 Å². The Morgan fingerprint density at radius 1 is 1.08 bits per heavy atom. The van der Waals surface area contributed by atoms with Gasteiger partial charge in [0.25, 0.3) is 0 Å². The molecule has 24 heavy (non-hydrogen) atoms. The summed E-state index contributed by atoms with van der Waals surface area (Å²) in [5.41, 5.74) is 3.06. The Bertz CT molecular complexity index is 747. The molecule has 124 valence electrons. The van der Waals surface area contributed by atoms with Crippen LogP contribution < -0.4 is 0 Å². The van der Waals surface area contributed by atoms with E-state index in [2.05, 4.69) is 0 Å². The van der Waals surface area contributed by atoms with Gasteiger partial charge in [-0.3, -0.25) is 9.78 Å². The minimum Gasteiger partial charge on any atom is -0.478 e. The molecule has 1 aromatic carbocycles. The number of piperidine rings is 1. The molecule has 0 aliphatic carbocycles. The number of hydrogen-bond acceptors (Lipinski definition) is 3. The van der Waals surface area contributed by atoms with Crippen molar-refractivity contribution in [3.8, 4) is 11.3 Å². The molecule has 2 aromatic rings. The minimum absolute atomic E-state index is 0.133. The third-order valence-corrected chi connectivity index (χ3v) is 4.56. The zero-order valence-electron chi connectivity index (χ0n) is 13.6. The van der Waals surface area contributed by atoms with E-state index in [-0.39, 0.29) is 11.5 Å². The first kappa shape index (κ1) is 16.2. The van der Waals surface area contributed by atoms with E-state index in [0.29, 0.717) is 5.92 Å². The second kappa shape index (κ2) is 6.83. The van der Waals surface area contributed by atoms with Crippen molar-refractivity contribution >= 4 is 11.9 Å². The molecule has 1 aliphatic heterocycles. The quantitative estimate of drug-likeness (QED) is 0.941. The molecule has 3 rings (SSSR count). The number of pyridine rings is 1. The number of carboxylic acid groups (broad SMARTS) is 1. The molecule has 0 saturated carbocycles. The molecule has 5 nitrogen and oxygen atoms in total. The third kappa shape index (κ3) is 3.45. The van der Waals surface area contributed by atoms with E-state index in [1.165, 1.54) is 0 Å². The average molecular weight is 324 g/mol. The Labute approximate surface area is 140 Å². The first-order valence-electron chi connectivity index (χ1n) is 8.11. The van der Waals surface area contributed by atoms with Gasteiger partial charge in [-0.2, -0.15) is 0 Å². The van der Waals surface area contributed by atoms with E-state index in [9.17, 15) is 9.59 Å². The molecule has 1 amide bonds. The summed E-state index contributed by atoms with van der Waals surface area (Å²) in [6.45, 7) is 3.17. The lowest BCUT2D eigenvalue weighted by Crippen LogP contribution is -2.36. The van der Waals surface area contributed by atoms with Gasteiger partial charge in [0.2, 0.25) is 5.91 Å². The molecular formula is C19H20N2O3. The average Bonchev–Trinajstić information content (AvgIpc) is 2.62. The zero-order chi connectivity index (χ0) is 17.1. The van der Waals surface area contributed by atoms with Crippen molar-refractivity contribution in [3.63, 3.8) is 0 Å². The van der Waals surface area contributed by atoms with Gasteiger partial charge in [0.1, 0.15) is 0 Å². The number of carbonyl (C=O) groups excluding carboxylic acids is 1. The second-order valence-corrected chi connectivity index (χ2v) is 6.11. The largest absolute Gasteiger partial charge is 0.478 e. The summed E-state index contributed by atoms with van der Waals surface area (Å²) in [5, 5.41) is 8.98. The maximum atomic E-state index is 11.4. The van der Waals surface area contributed by atoms with Crippen molar-refractivity contribution in [3.05, 3.63) is 53.7 Å². The van der Waals surface area contributed by atoms with Crippen LogP contribution in [-0.4, -0.2) is 40.0 Å². The van der Waals surface area contributed by atoms with Crippen molar-refractivity contribution in [1.82, 2.24) is 9.88 Å². The van der Waals surface area contributed by atoms with Crippen molar-refractivity contribution in [2.45, 2.75) is 25.7 Å². The van der Waals surface area contributed by atoms with Gasteiger partial charge in [-0.15, -0.1) is 0 Å². The fraction of sp³-hybridized carbons (Fsp3) is 0.316. The number of rotatable bonds is 3. The Morgan fingerprint density at radius 3 is 2.33 bits per heavy atom. The minimum atomic E-state index is -0.930. The molecule has 2 heterocycles. The standard InChI is InChI=1S/C19H20N2O3/c1-13(22)21-11-9-15(10-12-21)18-4-2-3-17(20-18)14-5-7-16(8-6-14)19(23)24/h2-8,15H,9-12H2,1H3,(H,23,24). The van der Waals surface area contributed by atoms with Crippen molar-refractivity contribution in [2.75, 3.05) is 13.1 Å². The van der Waals surface area contributed by atoms with Gasteiger partial charge < -0.3 is 10.0 Å². The Balaban J connectivity index is 1.77. The maximum absolute atomic E-state index is 11.4. The van der Waals surface area contributed by atoms with Gasteiger partial charge in [-0.25, -0.2) is 4.79 Å². The molecule has 0 radical (unpaired) electrons. The van der Waals surface area contributed by atoms with Crippen LogP contribution in [0.4, 0.5) is 0 Å². The number of aromatic carboxylic acids is 1. The maximum Gasteiger partial charge on any atom is 0.335 e. The van der Waals surface area contributed by atoms with Crippen LogP contribution in [0.5, 0.6) is 0 Å². The van der Waals surface area contributed by atoms with E-state index in [1.807, 2.05) is 23.1 Å². The highest BCUT2D eigenvalue weighted by atomic mass is 16.4. The number of benzene rings is 1. The highest BCUT2D eigenvalue weighted by Gasteiger charge is 2.23. The molecule has 1 aliphatic rings. The van der Waals surface area contributed by atoms with E-state index < -0.39 is 5.97 Å². The topological polar surface area (TPSA) is 70.5 Å². The number of carboxylic acids is 1. The van der Waals surface area contributed by atoms with Gasteiger partial charge in [-0.05, 0) is 37.1 Å². The van der Waals surface area contributed by atoms with Crippen LogP contribution in [0, 0.1) is 0 Å². The van der Waals surface area contributed by atoms with Gasteiger partial charge in [0.15, 0.2) is 0 Å². The normalized spacial score (nSPS) is 15.3. The van der Waals surface area contributed by atoms with E-state index >= 15 is 0 Å². The highest BCUT2D eigenvalue weighted by molar-refractivity contribution is 5.88. The smallest absolute Gasteiger partial charge is 0.335 e. The van der Waals surface area contributed by atoms with Crippen LogP contribution in [0.2, 0.25) is 0 Å².